The number of piperidine rings is 3. The summed E-state index contributed by atoms with van der Waals surface area (Å²) >= 11 is 0. The molecule has 46 heavy (non-hydrogen) atoms. The highest BCUT2D eigenvalue weighted by Crippen LogP contribution is 2.43. The van der Waals surface area contributed by atoms with Crippen molar-refractivity contribution in [2.24, 2.45) is 0 Å². The highest BCUT2D eigenvalue weighted by atomic mass is 15.4. The lowest BCUT2D eigenvalue weighted by Crippen LogP contribution is -2.65. The van der Waals surface area contributed by atoms with E-state index in [0.717, 1.165) is 62.9 Å². The van der Waals surface area contributed by atoms with Gasteiger partial charge in [0, 0.05) is 58.4 Å². The van der Waals surface area contributed by atoms with Gasteiger partial charge in [-0.1, -0.05) is 0 Å². The van der Waals surface area contributed by atoms with Crippen molar-refractivity contribution >= 4 is 11.9 Å². The molecule has 1 aromatic rings. The molecule has 3 fully saturated rings. The normalized spacial score (nSPS) is 27.2. The first-order valence-corrected chi connectivity index (χ1v) is 17.8. The fourth-order valence-corrected chi connectivity index (χ4v) is 9.36. The molecule has 264 valence electrons. The average molecular weight is 642 g/mol. The van der Waals surface area contributed by atoms with Gasteiger partial charge in [-0.25, -0.2) is 0 Å². The Morgan fingerprint density at radius 2 is 0.848 bits per heavy atom. The van der Waals surface area contributed by atoms with Crippen LogP contribution in [0.2, 0.25) is 0 Å². The fourth-order valence-electron chi connectivity index (χ4n) is 9.36. The topological polar surface area (TPSA) is 58.1 Å². The molecule has 9 heteroatoms. The quantitative estimate of drug-likeness (QED) is 0.321. The molecule has 3 saturated heterocycles. The van der Waals surface area contributed by atoms with Crippen molar-refractivity contribution in [3.63, 3.8) is 0 Å². The van der Waals surface area contributed by atoms with Crippen molar-refractivity contribution in [2.75, 3.05) is 51.7 Å². The van der Waals surface area contributed by atoms with Crippen molar-refractivity contribution < 1.29 is 0 Å². The Kier molecular flexibility index (Phi) is 9.80. The third-order valence-corrected chi connectivity index (χ3v) is 13.1. The van der Waals surface area contributed by atoms with Gasteiger partial charge in [0.15, 0.2) is 0 Å². The number of hydrogen-bond acceptors (Lipinski definition) is 9. The summed E-state index contributed by atoms with van der Waals surface area (Å²) in [5.41, 5.74) is 0.514. The lowest BCUT2D eigenvalue weighted by atomic mass is 9.76. The van der Waals surface area contributed by atoms with E-state index in [0.29, 0.717) is 18.1 Å². The predicted molar refractivity (Wildman–Crippen MR) is 195 cm³/mol. The lowest BCUT2D eigenvalue weighted by molar-refractivity contribution is -0.0449. The molecule has 0 N–H and O–H groups in total. The molecule has 0 radical (unpaired) electrons. The zero-order chi connectivity index (χ0) is 35.0. The highest BCUT2D eigenvalue weighted by molar-refractivity contribution is 5.41. The van der Waals surface area contributed by atoms with Crippen LogP contribution in [0.4, 0.5) is 11.9 Å². The minimum absolute atomic E-state index is 0.0494. The molecule has 0 unspecified atom stereocenters. The van der Waals surface area contributed by atoms with Crippen LogP contribution in [0, 0.1) is 6.92 Å². The smallest absolute Gasteiger partial charge is 0.231 e. The number of anilines is 2. The van der Waals surface area contributed by atoms with Gasteiger partial charge in [-0.3, -0.25) is 19.6 Å². The van der Waals surface area contributed by atoms with Crippen LogP contribution in [0.15, 0.2) is 0 Å². The van der Waals surface area contributed by atoms with Crippen LogP contribution < -0.4 is 9.80 Å². The van der Waals surface area contributed by atoms with Crippen LogP contribution in [0.25, 0.3) is 0 Å². The lowest BCUT2D eigenvalue weighted by Gasteiger charge is -2.57. The number of likely N-dealkylation sites (tertiary alicyclic amines) is 3. The number of nitrogens with zero attached hydrogens (tertiary/aromatic N) is 9. The molecular formula is C37H71N9. The van der Waals surface area contributed by atoms with Crippen LogP contribution in [0.1, 0.15) is 127 Å². The summed E-state index contributed by atoms with van der Waals surface area (Å²) in [4.78, 5) is 30.6. The molecule has 3 aliphatic heterocycles. The van der Waals surface area contributed by atoms with E-state index in [-0.39, 0.29) is 33.2 Å². The molecular weight excluding hydrogens is 570 g/mol. The minimum Gasteiger partial charge on any atom is -0.341 e. The average Bonchev–Trinajstić information content (AvgIpc) is 2.89. The van der Waals surface area contributed by atoms with E-state index >= 15 is 0 Å². The van der Waals surface area contributed by atoms with Crippen molar-refractivity contribution in [3.05, 3.63) is 5.82 Å². The second kappa shape index (κ2) is 12.1. The summed E-state index contributed by atoms with van der Waals surface area (Å²) in [5, 5.41) is 0. The molecule has 0 amide bonds. The standard InChI is InChI=1S/C37H71N9/c1-26-38-30(42(15)28-21-34(6,7)44(17)35(8,9)22-28)40-31(39-26)46(29-23-36(10,11)45(18)37(12,13)24-29)25-41(14)27-19-32(2,3)43(16)33(4,5)20-27/h27-29H,19-25H2,1-18H3. The summed E-state index contributed by atoms with van der Waals surface area (Å²) < 4.78 is 0. The van der Waals surface area contributed by atoms with Gasteiger partial charge in [0.05, 0.1) is 6.67 Å². The van der Waals surface area contributed by atoms with E-state index in [9.17, 15) is 0 Å². The monoisotopic (exact) mass is 642 g/mol. The fraction of sp³-hybridized carbons (Fsp3) is 0.919. The Morgan fingerprint density at radius 1 is 0.522 bits per heavy atom. The SMILES string of the molecule is Cc1nc(N(C)C2CC(C)(C)N(C)C(C)(C)C2)nc(N(CN(C)C2CC(C)(C)N(C)C(C)(C)C2)C2CC(C)(C)N(C)C(C)(C)C2)n1. The van der Waals surface area contributed by atoms with Gasteiger partial charge in [0.1, 0.15) is 5.82 Å². The second-order valence-corrected chi connectivity index (χ2v) is 19.2. The van der Waals surface area contributed by atoms with Crippen LogP contribution in [-0.4, -0.2) is 128 Å². The Balaban J connectivity index is 1.73. The van der Waals surface area contributed by atoms with Crippen LogP contribution in [0.3, 0.4) is 0 Å². The van der Waals surface area contributed by atoms with Gasteiger partial charge < -0.3 is 9.80 Å². The summed E-state index contributed by atoms with van der Waals surface area (Å²) in [7, 11) is 11.4. The van der Waals surface area contributed by atoms with E-state index in [1.165, 1.54) is 0 Å². The Labute approximate surface area is 283 Å². The molecule has 0 atom stereocenters. The molecule has 0 aliphatic carbocycles. The maximum absolute atomic E-state index is 5.35. The Bertz CT molecular complexity index is 1180. The first kappa shape index (κ1) is 37.3. The number of aryl methyl sites for hydroxylation is 1. The number of aromatic nitrogens is 3. The first-order valence-electron chi connectivity index (χ1n) is 17.8. The van der Waals surface area contributed by atoms with E-state index in [1.54, 1.807) is 0 Å². The Hall–Kier alpha value is -1.55. The maximum atomic E-state index is 5.35. The van der Waals surface area contributed by atoms with Gasteiger partial charge in [0.2, 0.25) is 11.9 Å². The van der Waals surface area contributed by atoms with Crippen molar-refractivity contribution in [2.45, 2.75) is 180 Å². The summed E-state index contributed by atoms with van der Waals surface area (Å²) in [6.45, 7) is 31.5. The number of rotatable bonds is 7. The molecule has 1 aromatic heterocycles. The Morgan fingerprint density at radius 3 is 1.24 bits per heavy atom. The van der Waals surface area contributed by atoms with Gasteiger partial charge in [0.25, 0.3) is 0 Å². The van der Waals surface area contributed by atoms with Crippen LogP contribution >= 0.6 is 0 Å². The van der Waals surface area contributed by atoms with Gasteiger partial charge in [-0.2, -0.15) is 15.0 Å². The van der Waals surface area contributed by atoms with E-state index in [4.69, 9.17) is 15.0 Å². The number of hydrogen-bond donors (Lipinski definition) is 0. The predicted octanol–water partition coefficient (Wildman–Crippen LogP) is 6.27. The van der Waals surface area contributed by atoms with Gasteiger partial charge >= 0.3 is 0 Å². The van der Waals surface area contributed by atoms with Crippen LogP contribution in [0.5, 0.6) is 0 Å². The zero-order valence-electron chi connectivity index (χ0n) is 33.2. The molecule has 9 nitrogen and oxygen atoms in total. The first-order chi connectivity index (χ1) is 20.7. The molecule has 0 spiro atoms. The zero-order valence-corrected chi connectivity index (χ0v) is 33.2. The summed E-state index contributed by atoms with van der Waals surface area (Å²) in [6, 6.07) is 1.11. The van der Waals surface area contributed by atoms with E-state index in [1.807, 2.05) is 6.92 Å². The molecule has 0 aromatic carbocycles. The highest BCUT2D eigenvalue weighted by Gasteiger charge is 2.48. The third-order valence-electron chi connectivity index (χ3n) is 13.1. The minimum atomic E-state index is 0.0494. The van der Waals surface area contributed by atoms with Crippen molar-refractivity contribution in [1.82, 2.24) is 34.6 Å². The van der Waals surface area contributed by atoms with Gasteiger partial charge in [-0.15, -0.1) is 0 Å². The van der Waals surface area contributed by atoms with Gasteiger partial charge in [-0.05, 0) is 157 Å². The largest absolute Gasteiger partial charge is 0.341 e. The molecule has 3 aliphatic rings. The van der Waals surface area contributed by atoms with Crippen molar-refractivity contribution in [1.29, 1.82) is 0 Å². The maximum Gasteiger partial charge on any atom is 0.231 e. The molecule has 4 heterocycles. The molecule has 0 saturated carbocycles. The molecule has 0 bridgehead atoms. The van der Waals surface area contributed by atoms with Crippen LogP contribution in [-0.2, 0) is 0 Å². The van der Waals surface area contributed by atoms with E-state index in [2.05, 4.69) is 148 Å². The van der Waals surface area contributed by atoms with E-state index < -0.39 is 0 Å². The summed E-state index contributed by atoms with van der Waals surface area (Å²) in [5.74, 6) is 2.41. The second-order valence-electron chi connectivity index (χ2n) is 19.2. The molecule has 4 rings (SSSR count). The van der Waals surface area contributed by atoms with Crippen molar-refractivity contribution in [3.8, 4) is 0 Å². The summed E-state index contributed by atoms with van der Waals surface area (Å²) in [6.07, 6.45) is 6.50. The third kappa shape index (κ3) is 7.23.